The average molecular weight is 311 g/mol. The lowest BCUT2D eigenvalue weighted by Crippen LogP contribution is -2.17. The summed E-state index contributed by atoms with van der Waals surface area (Å²) in [6.45, 7) is 2.82. The Hall–Kier alpha value is -2.82. The molecule has 0 saturated heterocycles. The molecule has 0 saturated carbocycles. The van der Waals surface area contributed by atoms with Crippen LogP contribution in [0.25, 0.3) is 0 Å². The number of nitrogens with two attached hydrogens (primary N) is 1. The van der Waals surface area contributed by atoms with Crippen LogP contribution in [-0.2, 0) is 0 Å². The summed E-state index contributed by atoms with van der Waals surface area (Å²) in [7, 11) is 0. The zero-order valence-corrected chi connectivity index (χ0v) is 13.2. The summed E-state index contributed by atoms with van der Waals surface area (Å²) in [6.07, 6.45) is 3.70. The summed E-state index contributed by atoms with van der Waals surface area (Å²) in [6, 6.07) is 14.3. The number of benzene rings is 2. The molecule has 0 spiro atoms. The SMILES string of the molecule is CCCCOc1cccc(/C=N\NC(=O)c2cccc(N)c2)c1. The summed E-state index contributed by atoms with van der Waals surface area (Å²) in [5, 5.41) is 3.96. The number of hydrogen-bond donors (Lipinski definition) is 2. The second-order valence-corrected chi connectivity index (χ2v) is 5.10. The van der Waals surface area contributed by atoms with E-state index in [-0.39, 0.29) is 5.91 Å². The highest BCUT2D eigenvalue weighted by molar-refractivity contribution is 5.95. The highest BCUT2D eigenvalue weighted by atomic mass is 16.5. The smallest absolute Gasteiger partial charge is 0.271 e. The molecule has 0 fully saturated rings. The first-order valence-corrected chi connectivity index (χ1v) is 7.61. The minimum atomic E-state index is -0.302. The molecule has 1 amide bonds. The van der Waals surface area contributed by atoms with Gasteiger partial charge < -0.3 is 10.5 Å². The van der Waals surface area contributed by atoms with E-state index in [1.807, 2.05) is 24.3 Å². The van der Waals surface area contributed by atoms with Crippen LogP contribution in [0.4, 0.5) is 5.69 Å². The number of carbonyl (C=O) groups excluding carboxylic acids is 1. The van der Waals surface area contributed by atoms with Crippen molar-refractivity contribution in [3.05, 3.63) is 59.7 Å². The molecular formula is C18H21N3O2. The van der Waals surface area contributed by atoms with Gasteiger partial charge in [0, 0.05) is 11.3 Å². The van der Waals surface area contributed by atoms with Gasteiger partial charge in [-0.1, -0.05) is 31.5 Å². The number of ether oxygens (including phenoxy) is 1. The van der Waals surface area contributed by atoms with E-state index in [1.165, 1.54) is 0 Å². The number of amides is 1. The van der Waals surface area contributed by atoms with Gasteiger partial charge in [0.05, 0.1) is 12.8 Å². The van der Waals surface area contributed by atoms with Gasteiger partial charge in [0.2, 0.25) is 0 Å². The largest absolute Gasteiger partial charge is 0.494 e. The summed E-state index contributed by atoms with van der Waals surface area (Å²) >= 11 is 0. The highest BCUT2D eigenvalue weighted by Crippen LogP contribution is 2.12. The molecule has 5 heteroatoms. The number of nitrogens with zero attached hydrogens (tertiary/aromatic N) is 1. The zero-order chi connectivity index (χ0) is 16.5. The summed E-state index contributed by atoms with van der Waals surface area (Å²) in [5.41, 5.74) is 10.00. The third kappa shape index (κ3) is 5.47. The van der Waals surface area contributed by atoms with Gasteiger partial charge in [0.1, 0.15) is 5.75 Å². The predicted octanol–water partition coefficient (Wildman–Crippen LogP) is 3.21. The molecule has 5 nitrogen and oxygen atoms in total. The molecule has 0 aromatic heterocycles. The first-order chi connectivity index (χ1) is 11.2. The molecule has 2 aromatic carbocycles. The Balaban J connectivity index is 1.92. The lowest BCUT2D eigenvalue weighted by molar-refractivity contribution is 0.0955. The first-order valence-electron chi connectivity index (χ1n) is 7.61. The molecule has 3 N–H and O–H groups in total. The van der Waals surface area contributed by atoms with Crippen LogP contribution in [0.2, 0.25) is 0 Å². The van der Waals surface area contributed by atoms with Crippen LogP contribution < -0.4 is 15.9 Å². The van der Waals surface area contributed by atoms with Crippen LogP contribution in [0.15, 0.2) is 53.6 Å². The quantitative estimate of drug-likeness (QED) is 0.357. The number of rotatable bonds is 7. The number of hydrogen-bond acceptors (Lipinski definition) is 4. The van der Waals surface area contributed by atoms with E-state index in [4.69, 9.17) is 10.5 Å². The van der Waals surface area contributed by atoms with Crippen LogP contribution in [-0.4, -0.2) is 18.7 Å². The lowest BCUT2D eigenvalue weighted by atomic mass is 10.2. The fourth-order valence-electron chi connectivity index (χ4n) is 1.93. The maximum Gasteiger partial charge on any atom is 0.271 e. The normalized spacial score (nSPS) is 10.7. The number of anilines is 1. The molecule has 2 rings (SSSR count). The molecule has 2 aromatic rings. The molecule has 0 atom stereocenters. The molecule has 0 aliphatic rings. The molecule has 0 heterocycles. The van der Waals surface area contributed by atoms with Gasteiger partial charge in [-0.2, -0.15) is 5.10 Å². The molecule has 0 radical (unpaired) electrons. The van der Waals surface area contributed by atoms with Crippen LogP contribution in [0.5, 0.6) is 5.75 Å². The molecule has 0 bridgehead atoms. The van der Waals surface area contributed by atoms with Crippen LogP contribution in [0, 0.1) is 0 Å². The zero-order valence-electron chi connectivity index (χ0n) is 13.2. The Morgan fingerprint density at radius 3 is 2.87 bits per heavy atom. The van der Waals surface area contributed by atoms with Crippen molar-refractivity contribution in [1.82, 2.24) is 5.43 Å². The number of nitrogens with one attached hydrogen (secondary N) is 1. The van der Waals surface area contributed by atoms with Crippen molar-refractivity contribution < 1.29 is 9.53 Å². The Bertz CT molecular complexity index is 683. The molecular weight excluding hydrogens is 290 g/mol. The Kier molecular flexibility index (Phi) is 6.17. The van der Waals surface area contributed by atoms with Crippen molar-refractivity contribution in [2.75, 3.05) is 12.3 Å². The number of hydrazone groups is 1. The van der Waals surface area contributed by atoms with E-state index >= 15 is 0 Å². The maximum atomic E-state index is 11.9. The fraction of sp³-hybridized carbons (Fsp3) is 0.222. The third-order valence-corrected chi connectivity index (χ3v) is 3.15. The fourth-order valence-corrected chi connectivity index (χ4v) is 1.93. The molecule has 23 heavy (non-hydrogen) atoms. The molecule has 0 unspecified atom stereocenters. The van der Waals surface area contributed by atoms with Gasteiger partial charge >= 0.3 is 0 Å². The lowest BCUT2D eigenvalue weighted by Gasteiger charge is -2.05. The third-order valence-electron chi connectivity index (χ3n) is 3.15. The van der Waals surface area contributed by atoms with Crippen molar-refractivity contribution >= 4 is 17.8 Å². The van der Waals surface area contributed by atoms with Gasteiger partial charge in [-0.05, 0) is 42.3 Å². The second-order valence-electron chi connectivity index (χ2n) is 5.10. The van der Waals surface area contributed by atoms with Gasteiger partial charge in [0.15, 0.2) is 0 Å². The van der Waals surface area contributed by atoms with Gasteiger partial charge in [0.25, 0.3) is 5.91 Å². The van der Waals surface area contributed by atoms with Crippen LogP contribution in [0.3, 0.4) is 0 Å². The summed E-state index contributed by atoms with van der Waals surface area (Å²) in [5.74, 6) is 0.494. The average Bonchev–Trinajstić information content (AvgIpc) is 2.55. The highest BCUT2D eigenvalue weighted by Gasteiger charge is 2.03. The Morgan fingerprint density at radius 2 is 2.09 bits per heavy atom. The van der Waals surface area contributed by atoms with Crippen molar-refractivity contribution in [3.63, 3.8) is 0 Å². The van der Waals surface area contributed by atoms with E-state index in [9.17, 15) is 4.79 Å². The van der Waals surface area contributed by atoms with E-state index in [0.29, 0.717) is 17.9 Å². The molecule has 0 aliphatic heterocycles. The number of nitrogen functional groups attached to an aromatic ring is 1. The standard InChI is InChI=1S/C18H21N3O2/c1-2-3-10-23-17-9-4-6-14(11-17)13-20-21-18(22)15-7-5-8-16(19)12-15/h4-9,11-13H,2-3,10,19H2,1H3,(H,21,22)/b20-13-. The molecule has 0 aliphatic carbocycles. The summed E-state index contributed by atoms with van der Waals surface area (Å²) in [4.78, 5) is 11.9. The van der Waals surface area contributed by atoms with Gasteiger partial charge in [-0.15, -0.1) is 0 Å². The topological polar surface area (TPSA) is 76.7 Å². The monoisotopic (exact) mass is 311 g/mol. The van der Waals surface area contributed by atoms with Gasteiger partial charge in [-0.3, -0.25) is 4.79 Å². The Morgan fingerprint density at radius 1 is 1.26 bits per heavy atom. The predicted molar refractivity (Wildman–Crippen MR) is 92.8 cm³/mol. The van der Waals surface area contributed by atoms with Crippen molar-refractivity contribution in [3.8, 4) is 5.75 Å². The summed E-state index contributed by atoms with van der Waals surface area (Å²) < 4.78 is 5.63. The van der Waals surface area contributed by atoms with Crippen molar-refractivity contribution in [2.45, 2.75) is 19.8 Å². The minimum Gasteiger partial charge on any atom is -0.494 e. The maximum absolute atomic E-state index is 11.9. The van der Waals surface area contributed by atoms with Crippen LogP contribution >= 0.6 is 0 Å². The van der Waals surface area contributed by atoms with E-state index in [2.05, 4.69) is 17.5 Å². The number of unbranched alkanes of at least 4 members (excludes halogenated alkanes) is 1. The number of carbonyl (C=O) groups is 1. The van der Waals surface area contributed by atoms with E-state index in [1.54, 1.807) is 30.5 Å². The van der Waals surface area contributed by atoms with Gasteiger partial charge in [-0.25, -0.2) is 5.43 Å². The van der Waals surface area contributed by atoms with Crippen molar-refractivity contribution in [2.24, 2.45) is 5.10 Å². The van der Waals surface area contributed by atoms with Crippen molar-refractivity contribution in [1.29, 1.82) is 0 Å². The Labute approximate surface area is 136 Å². The van der Waals surface area contributed by atoms with Crippen LogP contribution in [0.1, 0.15) is 35.7 Å². The first kappa shape index (κ1) is 16.5. The van der Waals surface area contributed by atoms with E-state index < -0.39 is 0 Å². The molecule has 120 valence electrons. The second kappa shape index (κ2) is 8.58. The van der Waals surface area contributed by atoms with E-state index in [0.717, 1.165) is 24.2 Å². The minimum absolute atomic E-state index is 0.302.